The predicted molar refractivity (Wildman–Crippen MR) is 75.5 cm³/mol. The van der Waals surface area contributed by atoms with Crippen molar-refractivity contribution in [2.45, 2.75) is 18.7 Å². The molecule has 1 aromatic carbocycles. The van der Waals surface area contributed by atoms with Gasteiger partial charge in [0.2, 0.25) is 15.9 Å². The third kappa shape index (κ3) is 3.65. The summed E-state index contributed by atoms with van der Waals surface area (Å²) in [5.74, 6) is -0.292. The van der Waals surface area contributed by atoms with Crippen LogP contribution in [0, 0.1) is 6.92 Å². The maximum Gasteiger partial charge on any atom is 0.248 e. The fourth-order valence-electron chi connectivity index (χ4n) is 1.49. The van der Waals surface area contributed by atoms with Crippen LogP contribution in [0.5, 0.6) is 0 Å². The van der Waals surface area contributed by atoms with Gasteiger partial charge in [0.05, 0.1) is 4.90 Å². The molecule has 0 bridgehead atoms. The molecule has 0 aromatic heterocycles. The molecule has 0 aliphatic rings. The highest BCUT2D eigenvalue weighted by Gasteiger charge is 2.20. The van der Waals surface area contributed by atoms with Crippen LogP contribution in [-0.2, 0) is 14.8 Å². The number of sulfonamides is 1. The molecule has 0 radical (unpaired) electrons. The van der Waals surface area contributed by atoms with Crippen molar-refractivity contribution in [3.8, 4) is 0 Å². The zero-order valence-electron chi connectivity index (χ0n) is 11.5. The van der Waals surface area contributed by atoms with Crippen LogP contribution < -0.4 is 5.32 Å². The van der Waals surface area contributed by atoms with Crippen LogP contribution in [0.25, 0.3) is 0 Å². The van der Waals surface area contributed by atoms with Crippen molar-refractivity contribution in [3.63, 3.8) is 0 Å². The summed E-state index contributed by atoms with van der Waals surface area (Å²) in [4.78, 5) is 11.6. The van der Waals surface area contributed by atoms with Gasteiger partial charge in [0.15, 0.2) is 0 Å². The average Bonchev–Trinajstić information content (AvgIpc) is 2.31. The van der Waals surface area contributed by atoms with Crippen LogP contribution in [-0.4, -0.2) is 32.7 Å². The monoisotopic (exact) mass is 282 g/mol. The second-order valence-corrected chi connectivity index (χ2v) is 6.38. The molecule has 1 N–H and O–H groups in total. The van der Waals surface area contributed by atoms with E-state index in [4.69, 9.17) is 0 Å². The normalized spacial score (nSPS) is 12.1. The number of amides is 1. The molecule has 19 heavy (non-hydrogen) atoms. The number of nitrogens with one attached hydrogen (secondary N) is 1. The lowest BCUT2D eigenvalue weighted by atomic mass is 10.2. The average molecular weight is 282 g/mol. The fraction of sp³-hybridized carbons (Fsp3) is 0.308. The van der Waals surface area contributed by atoms with E-state index < -0.39 is 10.0 Å². The predicted octanol–water partition coefficient (Wildman–Crippen LogP) is 1.76. The summed E-state index contributed by atoms with van der Waals surface area (Å²) in [6.07, 6.45) is 2.99. The van der Waals surface area contributed by atoms with Crippen molar-refractivity contribution in [2.24, 2.45) is 0 Å². The van der Waals surface area contributed by atoms with Crippen LogP contribution >= 0.6 is 0 Å². The second kappa shape index (κ2) is 5.99. The van der Waals surface area contributed by atoms with E-state index in [-0.39, 0.29) is 10.8 Å². The molecule has 0 aliphatic heterocycles. The standard InChI is InChI=1S/C13H18N2O3S/c1-5-6-13(16)14-11-8-7-10(2)12(9-11)19(17,18)15(3)4/h5-9H,1-4H3,(H,14,16)/b6-5-. The smallest absolute Gasteiger partial charge is 0.248 e. The Hall–Kier alpha value is -1.66. The van der Waals surface area contributed by atoms with Gasteiger partial charge in [-0.05, 0) is 37.6 Å². The van der Waals surface area contributed by atoms with E-state index in [0.717, 1.165) is 4.31 Å². The maximum atomic E-state index is 12.1. The molecule has 6 heteroatoms. The molecule has 0 aliphatic carbocycles. The largest absolute Gasteiger partial charge is 0.322 e. The van der Waals surface area contributed by atoms with E-state index in [2.05, 4.69) is 5.32 Å². The van der Waals surface area contributed by atoms with Crippen LogP contribution in [0.2, 0.25) is 0 Å². The molecule has 1 rings (SSSR count). The number of carbonyl (C=O) groups excluding carboxylic acids is 1. The molecule has 0 saturated carbocycles. The van der Waals surface area contributed by atoms with Crippen molar-refractivity contribution in [1.29, 1.82) is 0 Å². The minimum atomic E-state index is -3.51. The van der Waals surface area contributed by atoms with E-state index >= 15 is 0 Å². The number of nitrogens with zero attached hydrogens (tertiary/aromatic N) is 1. The Kier molecular flexibility index (Phi) is 4.85. The molecule has 1 amide bonds. The summed E-state index contributed by atoms with van der Waals surface area (Å²) in [6.45, 7) is 3.45. The van der Waals surface area contributed by atoms with E-state index in [1.165, 1.54) is 26.2 Å². The molecule has 0 unspecified atom stereocenters. The molecule has 0 saturated heterocycles. The number of hydrogen-bond donors (Lipinski definition) is 1. The number of rotatable bonds is 4. The van der Waals surface area contributed by atoms with Crippen LogP contribution in [0.1, 0.15) is 12.5 Å². The van der Waals surface area contributed by atoms with Gasteiger partial charge in [-0.2, -0.15) is 0 Å². The molecule has 5 nitrogen and oxygen atoms in total. The van der Waals surface area contributed by atoms with Gasteiger partial charge in [0.1, 0.15) is 0 Å². The summed E-state index contributed by atoms with van der Waals surface area (Å²) in [6, 6.07) is 4.80. The number of benzene rings is 1. The Labute approximate surface area is 114 Å². The first-order chi connectivity index (χ1) is 8.78. The summed E-state index contributed by atoms with van der Waals surface area (Å²) in [7, 11) is -0.570. The van der Waals surface area contributed by atoms with Gasteiger partial charge in [-0.15, -0.1) is 0 Å². The molecule has 1 aromatic rings. The Morgan fingerprint density at radius 2 is 1.95 bits per heavy atom. The van der Waals surface area contributed by atoms with Gasteiger partial charge < -0.3 is 5.32 Å². The molecule has 0 spiro atoms. The molecule has 104 valence electrons. The van der Waals surface area contributed by atoms with Gasteiger partial charge in [0, 0.05) is 19.8 Å². The Bertz CT molecular complexity index is 604. The first-order valence-electron chi connectivity index (χ1n) is 5.76. The highest BCUT2D eigenvalue weighted by Crippen LogP contribution is 2.22. The van der Waals surface area contributed by atoms with E-state index in [9.17, 15) is 13.2 Å². The third-order valence-corrected chi connectivity index (χ3v) is 4.49. The van der Waals surface area contributed by atoms with E-state index in [1.807, 2.05) is 0 Å². The minimum absolute atomic E-state index is 0.191. The fourth-order valence-corrected chi connectivity index (χ4v) is 2.63. The van der Waals surface area contributed by atoms with Gasteiger partial charge in [0.25, 0.3) is 0 Å². The van der Waals surface area contributed by atoms with Crippen molar-refractivity contribution >= 4 is 21.6 Å². The van der Waals surface area contributed by atoms with Gasteiger partial charge >= 0.3 is 0 Å². The zero-order chi connectivity index (χ0) is 14.6. The number of allylic oxidation sites excluding steroid dienone is 1. The van der Waals surface area contributed by atoms with Crippen LogP contribution in [0.15, 0.2) is 35.2 Å². The van der Waals surface area contributed by atoms with Crippen molar-refractivity contribution in [3.05, 3.63) is 35.9 Å². The number of anilines is 1. The zero-order valence-corrected chi connectivity index (χ0v) is 12.3. The second-order valence-electron chi connectivity index (χ2n) is 4.26. The van der Waals surface area contributed by atoms with Gasteiger partial charge in [-0.3, -0.25) is 4.79 Å². The topological polar surface area (TPSA) is 66.5 Å². The first-order valence-corrected chi connectivity index (χ1v) is 7.20. The molecule has 0 heterocycles. The quantitative estimate of drug-likeness (QED) is 0.856. The molecular formula is C13H18N2O3S. The lowest BCUT2D eigenvalue weighted by Crippen LogP contribution is -2.23. The summed E-state index contributed by atoms with van der Waals surface area (Å²) < 4.78 is 25.4. The summed E-state index contributed by atoms with van der Waals surface area (Å²) in [5, 5.41) is 2.61. The summed E-state index contributed by atoms with van der Waals surface area (Å²) >= 11 is 0. The highest BCUT2D eigenvalue weighted by molar-refractivity contribution is 7.89. The number of aryl methyl sites for hydroxylation is 1. The molecular weight excluding hydrogens is 264 g/mol. The Morgan fingerprint density at radius 1 is 1.32 bits per heavy atom. The number of hydrogen-bond acceptors (Lipinski definition) is 3. The van der Waals surface area contributed by atoms with Crippen LogP contribution in [0.3, 0.4) is 0 Å². The number of carbonyl (C=O) groups is 1. The third-order valence-electron chi connectivity index (χ3n) is 2.53. The van der Waals surface area contributed by atoms with Crippen LogP contribution in [0.4, 0.5) is 5.69 Å². The van der Waals surface area contributed by atoms with Gasteiger partial charge in [-0.1, -0.05) is 12.1 Å². The van der Waals surface area contributed by atoms with Crippen molar-refractivity contribution in [1.82, 2.24) is 4.31 Å². The van der Waals surface area contributed by atoms with Crippen molar-refractivity contribution in [2.75, 3.05) is 19.4 Å². The minimum Gasteiger partial charge on any atom is -0.322 e. The lowest BCUT2D eigenvalue weighted by molar-refractivity contribution is -0.111. The maximum absolute atomic E-state index is 12.1. The Balaban J connectivity index is 3.19. The molecule has 0 atom stereocenters. The Morgan fingerprint density at radius 3 is 2.47 bits per heavy atom. The van der Waals surface area contributed by atoms with Crippen molar-refractivity contribution < 1.29 is 13.2 Å². The lowest BCUT2D eigenvalue weighted by Gasteiger charge is -2.14. The van der Waals surface area contributed by atoms with E-state index in [0.29, 0.717) is 11.3 Å². The summed E-state index contributed by atoms with van der Waals surface area (Å²) in [5.41, 5.74) is 1.09. The van der Waals surface area contributed by atoms with Gasteiger partial charge in [-0.25, -0.2) is 12.7 Å². The van der Waals surface area contributed by atoms with E-state index in [1.54, 1.807) is 32.1 Å². The highest BCUT2D eigenvalue weighted by atomic mass is 32.2. The molecule has 0 fully saturated rings. The SMILES string of the molecule is C/C=C\C(=O)Nc1ccc(C)c(S(=O)(=O)N(C)C)c1. The first kappa shape index (κ1) is 15.4.